The SMILES string of the molecule is CN1C=NN=[N+]1. The highest BCUT2D eigenvalue weighted by molar-refractivity contribution is 5.53. The molecule has 1 aliphatic heterocycles. The van der Waals surface area contributed by atoms with Crippen LogP contribution >= 0.6 is 0 Å². The third-order valence-corrected chi connectivity index (χ3v) is 0.451. The summed E-state index contributed by atoms with van der Waals surface area (Å²) in [5.74, 6) is 0. The van der Waals surface area contributed by atoms with Gasteiger partial charge in [0.15, 0.2) is 5.22 Å². The molecule has 0 bridgehead atoms. The minimum Gasteiger partial charge on any atom is -0.115 e. The van der Waals surface area contributed by atoms with Crippen LogP contribution < -0.4 is 5.22 Å². The van der Waals surface area contributed by atoms with Gasteiger partial charge in [0.25, 0.3) is 6.34 Å². The first-order valence-electron chi connectivity index (χ1n) is 1.56. The third-order valence-electron chi connectivity index (χ3n) is 0.451. The molecule has 1 rings (SSSR count). The van der Waals surface area contributed by atoms with Crippen molar-refractivity contribution in [1.82, 2.24) is 10.2 Å². The molecular weight excluding hydrogens is 80.0 g/mol. The van der Waals surface area contributed by atoms with Crippen LogP contribution in [0.1, 0.15) is 0 Å². The van der Waals surface area contributed by atoms with E-state index in [-0.39, 0.29) is 0 Å². The lowest BCUT2D eigenvalue weighted by atomic mass is 11.1. The van der Waals surface area contributed by atoms with Gasteiger partial charge in [0.1, 0.15) is 0 Å². The van der Waals surface area contributed by atoms with E-state index in [0.717, 1.165) is 0 Å². The molecule has 0 atom stereocenters. The van der Waals surface area contributed by atoms with Crippen molar-refractivity contribution in [3.63, 3.8) is 0 Å². The Morgan fingerprint density at radius 3 is 2.83 bits per heavy atom. The predicted molar refractivity (Wildman–Crippen MR) is 20.8 cm³/mol. The lowest BCUT2D eigenvalue weighted by Crippen LogP contribution is -2.11. The number of hydrogen-bond donors (Lipinski definition) is 0. The molecule has 0 aliphatic carbocycles. The van der Waals surface area contributed by atoms with Crippen LogP contribution in [0.4, 0.5) is 0 Å². The maximum Gasteiger partial charge on any atom is 0.275 e. The van der Waals surface area contributed by atoms with Gasteiger partial charge >= 0.3 is 0 Å². The lowest BCUT2D eigenvalue weighted by molar-refractivity contribution is 0.467. The van der Waals surface area contributed by atoms with Gasteiger partial charge in [0.2, 0.25) is 5.22 Å². The maximum atomic E-state index is 3.47. The van der Waals surface area contributed by atoms with Crippen molar-refractivity contribution < 1.29 is 0 Å². The van der Waals surface area contributed by atoms with E-state index in [0.29, 0.717) is 0 Å². The molecule has 0 saturated carbocycles. The summed E-state index contributed by atoms with van der Waals surface area (Å²) in [6.07, 6.45) is 1.53. The zero-order valence-electron chi connectivity index (χ0n) is 3.37. The second-order valence-electron chi connectivity index (χ2n) is 0.983. The highest BCUT2D eigenvalue weighted by atomic mass is 15.7. The predicted octanol–water partition coefficient (Wildman–Crippen LogP) is -0.422. The van der Waals surface area contributed by atoms with Gasteiger partial charge in [-0.15, -0.1) is 5.01 Å². The van der Waals surface area contributed by atoms with Crippen LogP contribution in [0.15, 0.2) is 10.3 Å². The van der Waals surface area contributed by atoms with Crippen LogP contribution in [0.25, 0.3) is 0 Å². The Morgan fingerprint density at radius 2 is 2.67 bits per heavy atom. The van der Waals surface area contributed by atoms with Crippen molar-refractivity contribution in [1.29, 1.82) is 0 Å². The molecule has 0 spiro atoms. The van der Waals surface area contributed by atoms with Crippen molar-refractivity contribution in [2.45, 2.75) is 0 Å². The highest BCUT2D eigenvalue weighted by Crippen LogP contribution is 1.76. The van der Waals surface area contributed by atoms with Crippen LogP contribution in [0.5, 0.6) is 0 Å². The fraction of sp³-hybridized carbons (Fsp3) is 0.500. The minimum atomic E-state index is 1.53. The highest BCUT2D eigenvalue weighted by Gasteiger charge is 2.03. The standard InChI is InChI=1S/C2H4N4/c1-6-2-3-4-5-6/h2H,1H3/q+1. The summed E-state index contributed by atoms with van der Waals surface area (Å²) in [4.78, 5) is 0. The average molecular weight is 84.1 g/mol. The van der Waals surface area contributed by atoms with E-state index in [1.54, 1.807) is 7.05 Å². The Hall–Kier alpha value is -0.930. The normalized spacial score (nSPS) is 17.2. The van der Waals surface area contributed by atoms with Crippen LogP contribution in [0.3, 0.4) is 0 Å². The van der Waals surface area contributed by atoms with Crippen molar-refractivity contribution in [2.75, 3.05) is 7.05 Å². The molecule has 4 nitrogen and oxygen atoms in total. The molecule has 0 N–H and O–H groups in total. The molecule has 0 saturated heterocycles. The van der Waals surface area contributed by atoms with Gasteiger partial charge in [-0.1, -0.05) is 0 Å². The second-order valence-corrected chi connectivity index (χ2v) is 0.983. The Balaban J connectivity index is 2.60. The fourth-order valence-corrected chi connectivity index (χ4v) is 0.207. The summed E-state index contributed by atoms with van der Waals surface area (Å²) in [6, 6.07) is 0. The van der Waals surface area contributed by atoms with Gasteiger partial charge in [-0.25, -0.2) is 0 Å². The van der Waals surface area contributed by atoms with E-state index in [9.17, 15) is 0 Å². The second kappa shape index (κ2) is 1.04. The Labute approximate surface area is 35.1 Å². The summed E-state index contributed by atoms with van der Waals surface area (Å²) in [5.41, 5.74) is 0. The van der Waals surface area contributed by atoms with E-state index in [1.165, 1.54) is 11.3 Å². The van der Waals surface area contributed by atoms with E-state index in [2.05, 4.69) is 15.5 Å². The Bertz CT molecular complexity index is 81.7. The zero-order valence-corrected chi connectivity index (χ0v) is 3.37. The number of hydrogen-bond acceptors (Lipinski definition) is 4. The van der Waals surface area contributed by atoms with Crippen LogP contribution in [0.2, 0.25) is 0 Å². The van der Waals surface area contributed by atoms with E-state index in [1.807, 2.05) is 0 Å². The lowest BCUT2D eigenvalue weighted by Gasteiger charge is -1.76. The molecule has 1 aliphatic rings. The summed E-state index contributed by atoms with van der Waals surface area (Å²) < 4.78 is 0. The minimum absolute atomic E-state index is 1.53. The van der Waals surface area contributed by atoms with E-state index >= 15 is 0 Å². The molecule has 0 aromatic rings. The fourth-order valence-electron chi connectivity index (χ4n) is 0.207. The molecule has 0 unspecified atom stereocenters. The van der Waals surface area contributed by atoms with E-state index in [4.69, 9.17) is 0 Å². The number of nitrogens with zero attached hydrogens (tertiary/aromatic N) is 4. The van der Waals surface area contributed by atoms with Gasteiger partial charge in [-0.3, -0.25) is 0 Å². The molecule has 31 valence electrons. The zero-order chi connectivity index (χ0) is 4.41. The average Bonchev–Trinajstić information content (AvgIpc) is 1.86. The van der Waals surface area contributed by atoms with Crippen molar-refractivity contribution in [3.05, 3.63) is 0 Å². The maximum absolute atomic E-state index is 3.47. The van der Waals surface area contributed by atoms with Crippen LogP contribution in [-0.4, -0.2) is 18.4 Å². The first-order valence-corrected chi connectivity index (χ1v) is 1.56. The summed E-state index contributed by atoms with van der Waals surface area (Å²) >= 11 is 0. The first kappa shape index (κ1) is 3.27. The summed E-state index contributed by atoms with van der Waals surface area (Å²) in [6.45, 7) is 0. The Morgan fingerprint density at radius 1 is 1.83 bits per heavy atom. The smallest absolute Gasteiger partial charge is 0.115 e. The number of rotatable bonds is 0. The van der Waals surface area contributed by atoms with Gasteiger partial charge < -0.3 is 0 Å². The molecule has 1 radical (unpaired) electrons. The van der Waals surface area contributed by atoms with Crippen LogP contribution in [0, 0.1) is 0 Å². The van der Waals surface area contributed by atoms with Crippen molar-refractivity contribution in [3.8, 4) is 0 Å². The molecule has 0 aromatic heterocycles. The third kappa shape index (κ3) is 0.357. The molecule has 0 amide bonds. The van der Waals surface area contributed by atoms with Crippen molar-refractivity contribution >= 4 is 6.34 Å². The largest absolute Gasteiger partial charge is 0.275 e. The van der Waals surface area contributed by atoms with Gasteiger partial charge in [0.05, 0.1) is 12.1 Å². The molecular formula is C2H4N4+. The summed E-state index contributed by atoms with van der Waals surface area (Å²) in [5, 5.41) is 11.7. The molecule has 0 aromatic carbocycles. The summed E-state index contributed by atoms with van der Waals surface area (Å²) in [7, 11) is 1.76. The van der Waals surface area contributed by atoms with Gasteiger partial charge in [0, 0.05) is 0 Å². The molecule has 1 heterocycles. The van der Waals surface area contributed by atoms with Crippen LogP contribution in [-0.2, 0) is 0 Å². The Kier molecular flexibility index (Phi) is 0.567. The first-order chi connectivity index (χ1) is 2.89. The van der Waals surface area contributed by atoms with Crippen molar-refractivity contribution in [2.24, 2.45) is 10.3 Å². The quantitative estimate of drug-likeness (QED) is 0.393. The van der Waals surface area contributed by atoms with E-state index < -0.39 is 0 Å². The molecule has 4 heteroatoms. The van der Waals surface area contributed by atoms with Gasteiger partial charge in [-0.2, -0.15) is 0 Å². The molecule has 0 fully saturated rings. The molecule has 6 heavy (non-hydrogen) atoms. The van der Waals surface area contributed by atoms with Gasteiger partial charge in [-0.05, 0) is 0 Å². The topological polar surface area (TPSA) is 42.1 Å². The monoisotopic (exact) mass is 84.0 g/mol.